The number of rotatable bonds is 4. The number of aromatic amines is 1. The van der Waals surface area contributed by atoms with Crippen LogP contribution in [0.1, 0.15) is 21.1 Å². The number of thiophene rings is 1. The highest BCUT2D eigenvalue weighted by Crippen LogP contribution is 2.18. The number of H-pyrrole nitrogens is 1. The van der Waals surface area contributed by atoms with E-state index in [1.165, 1.54) is 4.90 Å². The van der Waals surface area contributed by atoms with Crippen molar-refractivity contribution >= 4 is 29.0 Å². The van der Waals surface area contributed by atoms with Gasteiger partial charge in [-0.25, -0.2) is 9.59 Å². The fraction of sp³-hybridized carbons (Fsp3) is 0.231. The lowest BCUT2D eigenvalue weighted by Crippen LogP contribution is -2.30. The van der Waals surface area contributed by atoms with Crippen molar-refractivity contribution in [3.8, 4) is 0 Å². The maximum atomic E-state index is 12.0. The molecule has 2 rings (SSSR count). The fourth-order valence-corrected chi connectivity index (χ4v) is 2.53. The summed E-state index contributed by atoms with van der Waals surface area (Å²) in [4.78, 5) is 28.3. The Morgan fingerprint density at radius 2 is 2.25 bits per heavy atom. The average Bonchev–Trinajstić information content (AvgIpc) is 2.98. The highest BCUT2D eigenvalue weighted by molar-refractivity contribution is 7.09. The number of carboxylic acid groups (broad SMARTS) is 1. The van der Waals surface area contributed by atoms with Gasteiger partial charge in [0.05, 0.1) is 12.2 Å². The monoisotopic (exact) mass is 293 g/mol. The molecular weight excluding hydrogens is 278 g/mol. The maximum absolute atomic E-state index is 12.0. The first-order valence-corrected chi connectivity index (χ1v) is 6.82. The van der Waals surface area contributed by atoms with Gasteiger partial charge in [-0.3, -0.25) is 0 Å². The van der Waals surface area contributed by atoms with Gasteiger partial charge in [0.2, 0.25) is 0 Å². The molecule has 2 amide bonds. The molecule has 3 N–H and O–H groups in total. The van der Waals surface area contributed by atoms with Crippen LogP contribution in [0, 0.1) is 6.92 Å². The number of urea groups is 1. The standard InChI is InChI=1S/C13H15N3O3S/c1-8-6-10(11(14-8)12(17)18)15-13(19)16(2)7-9-4-3-5-20-9/h3-6,14H,7H2,1-2H3,(H,15,19)(H,17,18). The number of aryl methyl sites for hydroxylation is 1. The van der Waals surface area contributed by atoms with Crippen LogP contribution in [0.25, 0.3) is 0 Å². The Kier molecular flexibility index (Phi) is 4.09. The average molecular weight is 293 g/mol. The second-order valence-corrected chi connectivity index (χ2v) is 5.44. The number of aromatic nitrogens is 1. The molecule has 0 aliphatic rings. The van der Waals surface area contributed by atoms with Gasteiger partial charge < -0.3 is 20.3 Å². The summed E-state index contributed by atoms with van der Waals surface area (Å²) in [5.74, 6) is -1.10. The smallest absolute Gasteiger partial charge is 0.354 e. The lowest BCUT2D eigenvalue weighted by molar-refractivity contribution is 0.0692. The number of hydrogen-bond donors (Lipinski definition) is 3. The van der Waals surface area contributed by atoms with Crippen LogP contribution in [0.5, 0.6) is 0 Å². The molecule has 0 bridgehead atoms. The van der Waals surface area contributed by atoms with Crippen molar-refractivity contribution in [2.24, 2.45) is 0 Å². The van der Waals surface area contributed by atoms with Crippen molar-refractivity contribution in [1.29, 1.82) is 0 Å². The molecule has 0 spiro atoms. The maximum Gasteiger partial charge on any atom is 0.354 e. The molecule has 0 aliphatic heterocycles. The molecule has 0 saturated carbocycles. The molecule has 0 aliphatic carbocycles. The van der Waals surface area contributed by atoms with E-state index in [1.54, 1.807) is 31.4 Å². The highest BCUT2D eigenvalue weighted by Gasteiger charge is 2.17. The van der Waals surface area contributed by atoms with Crippen molar-refractivity contribution in [1.82, 2.24) is 9.88 Å². The van der Waals surface area contributed by atoms with Crippen LogP contribution in [0.2, 0.25) is 0 Å². The third-order valence-electron chi connectivity index (χ3n) is 2.73. The minimum atomic E-state index is -1.10. The van der Waals surface area contributed by atoms with Gasteiger partial charge in [0.15, 0.2) is 0 Å². The van der Waals surface area contributed by atoms with Crippen molar-refractivity contribution in [2.45, 2.75) is 13.5 Å². The molecule has 2 aromatic rings. The number of carbonyl (C=O) groups excluding carboxylic acids is 1. The Labute approximate surface area is 120 Å². The summed E-state index contributed by atoms with van der Waals surface area (Å²) in [6.07, 6.45) is 0. The molecule has 0 saturated heterocycles. The molecule has 2 heterocycles. The zero-order valence-electron chi connectivity index (χ0n) is 11.1. The largest absolute Gasteiger partial charge is 0.477 e. The third kappa shape index (κ3) is 3.18. The Hall–Kier alpha value is -2.28. The van der Waals surface area contributed by atoms with Crippen LogP contribution >= 0.6 is 11.3 Å². The molecule has 7 heteroatoms. The molecule has 0 radical (unpaired) electrons. The first-order valence-electron chi connectivity index (χ1n) is 5.94. The van der Waals surface area contributed by atoms with Crippen molar-refractivity contribution in [2.75, 3.05) is 12.4 Å². The number of amides is 2. The summed E-state index contributed by atoms with van der Waals surface area (Å²) < 4.78 is 0. The number of hydrogen-bond acceptors (Lipinski definition) is 3. The topological polar surface area (TPSA) is 85.4 Å². The molecule has 0 fully saturated rings. The molecule has 0 unspecified atom stereocenters. The molecule has 0 aromatic carbocycles. The molecule has 2 aromatic heterocycles. The lowest BCUT2D eigenvalue weighted by atomic mass is 10.3. The number of nitrogens with one attached hydrogen (secondary N) is 2. The fourth-order valence-electron chi connectivity index (χ4n) is 1.78. The molecule has 6 nitrogen and oxygen atoms in total. The zero-order valence-corrected chi connectivity index (χ0v) is 12.0. The van der Waals surface area contributed by atoms with Gasteiger partial charge in [-0.2, -0.15) is 0 Å². The Balaban J connectivity index is 2.05. The zero-order chi connectivity index (χ0) is 14.7. The van der Waals surface area contributed by atoms with Gasteiger partial charge in [0.1, 0.15) is 5.69 Å². The predicted octanol–water partition coefficient (Wildman–Crippen LogP) is 2.75. The molecular formula is C13H15N3O3S. The van der Waals surface area contributed by atoms with Gasteiger partial charge >= 0.3 is 12.0 Å². The first-order chi connectivity index (χ1) is 9.47. The Morgan fingerprint density at radius 1 is 1.50 bits per heavy atom. The van der Waals surface area contributed by atoms with E-state index < -0.39 is 5.97 Å². The van der Waals surface area contributed by atoms with E-state index in [-0.39, 0.29) is 17.4 Å². The van der Waals surface area contributed by atoms with E-state index in [0.29, 0.717) is 12.2 Å². The summed E-state index contributed by atoms with van der Waals surface area (Å²) in [5.41, 5.74) is 0.942. The van der Waals surface area contributed by atoms with Gasteiger partial charge in [-0.1, -0.05) is 6.07 Å². The van der Waals surface area contributed by atoms with Crippen LogP contribution in [0.15, 0.2) is 23.6 Å². The summed E-state index contributed by atoms with van der Waals surface area (Å²) in [6.45, 7) is 2.22. The minimum absolute atomic E-state index is 0.0135. The Bertz CT molecular complexity index is 619. The van der Waals surface area contributed by atoms with Gasteiger partial charge in [-0.15, -0.1) is 11.3 Å². The van der Waals surface area contributed by atoms with Gasteiger partial charge in [0, 0.05) is 17.6 Å². The Morgan fingerprint density at radius 3 is 2.85 bits per heavy atom. The third-order valence-corrected chi connectivity index (χ3v) is 3.59. The SMILES string of the molecule is Cc1cc(NC(=O)N(C)Cc2cccs2)c(C(=O)O)[nH]1. The second kappa shape index (κ2) is 5.79. The quantitative estimate of drug-likeness (QED) is 0.810. The van der Waals surface area contributed by atoms with Crippen LogP contribution < -0.4 is 5.32 Å². The van der Waals surface area contributed by atoms with Crippen LogP contribution in [0.4, 0.5) is 10.5 Å². The molecule has 20 heavy (non-hydrogen) atoms. The lowest BCUT2D eigenvalue weighted by Gasteiger charge is -2.16. The van der Waals surface area contributed by atoms with E-state index >= 15 is 0 Å². The van der Waals surface area contributed by atoms with Gasteiger partial charge in [0.25, 0.3) is 0 Å². The van der Waals surface area contributed by atoms with Crippen molar-refractivity contribution in [3.05, 3.63) is 39.8 Å². The van der Waals surface area contributed by atoms with Gasteiger partial charge in [-0.05, 0) is 24.4 Å². The normalized spacial score (nSPS) is 10.3. The summed E-state index contributed by atoms with van der Waals surface area (Å²) in [7, 11) is 1.66. The summed E-state index contributed by atoms with van der Waals surface area (Å²) >= 11 is 1.57. The number of anilines is 1. The number of nitrogens with zero attached hydrogens (tertiary/aromatic N) is 1. The number of carbonyl (C=O) groups is 2. The van der Waals surface area contributed by atoms with Crippen molar-refractivity contribution in [3.63, 3.8) is 0 Å². The van der Waals surface area contributed by atoms with E-state index in [1.807, 2.05) is 17.5 Å². The van der Waals surface area contributed by atoms with E-state index in [0.717, 1.165) is 4.88 Å². The molecule has 106 valence electrons. The number of carboxylic acids is 1. The van der Waals surface area contributed by atoms with E-state index in [2.05, 4.69) is 10.3 Å². The van der Waals surface area contributed by atoms with Crippen LogP contribution in [-0.2, 0) is 6.54 Å². The first kappa shape index (κ1) is 14.1. The van der Waals surface area contributed by atoms with E-state index in [4.69, 9.17) is 5.11 Å². The van der Waals surface area contributed by atoms with Crippen LogP contribution in [0.3, 0.4) is 0 Å². The summed E-state index contributed by atoms with van der Waals surface area (Å²) in [5, 5.41) is 13.6. The van der Waals surface area contributed by atoms with Crippen molar-refractivity contribution < 1.29 is 14.7 Å². The summed E-state index contributed by atoms with van der Waals surface area (Å²) in [6, 6.07) is 5.11. The van der Waals surface area contributed by atoms with Crippen LogP contribution in [-0.4, -0.2) is 34.0 Å². The second-order valence-electron chi connectivity index (χ2n) is 4.41. The highest BCUT2D eigenvalue weighted by atomic mass is 32.1. The molecule has 0 atom stereocenters. The number of aromatic carboxylic acids is 1. The van der Waals surface area contributed by atoms with E-state index in [9.17, 15) is 9.59 Å². The minimum Gasteiger partial charge on any atom is -0.477 e. The predicted molar refractivity (Wildman–Crippen MR) is 77.3 cm³/mol.